The van der Waals surface area contributed by atoms with Gasteiger partial charge in [0.05, 0.1) is 12.2 Å². The van der Waals surface area contributed by atoms with Crippen LogP contribution in [0.15, 0.2) is 45.6 Å². The van der Waals surface area contributed by atoms with Crippen molar-refractivity contribution >= 4 is 31.9 Å². The molecule has 0 saturated carbocycles. The van der Waals surface area contributed by atoms with Gasteiger partial charge in [0.25, 0.3) is 0 Å². The van der Waals surface area contributed by atoms with Gasteiger partial charge < -0.3 is 5.32 Å². The summed E-state index contributed by atoms with van der Waals surface area (Å²) in [6, 6.07) is 7.38. The van der Waals surface area contributed by atoms with Crippen LogP contribution in [0.2, 0.25) is 0 Å². The van der Waals surface area contributed by atoms with E-state index in [4.69, 9.17) is 0 Å². The minimum Gasteiger partial charge on any atom is -0.306 e. The SMILES string of the molecule is CCNC(c1cncc(F)c1)c1ccc(Br)cc1Br. The average Bonchev–Trinajstić information content (AvgIpc) is 2.37. The molecule has 5 heteroatoms. The van der Waals surface area contributed by atoms with Gasteiger partial charge in [-0.15, -0.1) is 0 Å². The number of nitrogens with zero attached hydrogens (tertiary/aromatic N) is 1. The van der Waals surface area contributed by atoms with Crippen LogP contribution >= 0.6 is 31.9 Å². The predicted molar refractivity (Wildman–Crippen MR) is 81.6 cm³/mol. The van der Waals surface area contributed by atoms with Gasteiger partial charge >= 0.3 is 0 Å². The number of halogens is 3. The van der Waals surface area contributed by atoms with Gasteiger partial charge in [-0.2, -0.15) is 0 Å². The van der Waals surface area contributed by atoms with E-state index in [1.54, 1.807) is 6.20 Å². The molecule has 0 aliphatic carbocycles. The maximum absolute atomic E-state index is 13.3. The van der Waals surface area contributed by atoms with E-state index in [0.717, 1.165) is 26.6 Å². The third kappa shape index (κ3) is 3.61. The topological polar surface area (TPSA) is 24.9 Å². The Labute approximate surface area is 128 Å². The standard InChI is InChI=1S/C14H13Br2FN2/c1-2-19-14(9-5-11(17)8-18-7-9)12-4-3-10(15)6-13(12)16/h3-8,14,19H,2H2,1H3. The van der Waals surface area contributed by atoms with Crippen molar-refractivity contribution in [3.63, 3.8) is 0 Å². The maximum atomic E-state index is 13.3. The molecule has 0 fully saturated rings. The van der Waals surface area contributed by atoms with E-state index in [1.807, 2.05) is 25.1 Å². The highest BCUT2D eigenvalue weighted by molar-refractivity contribution is 9.11. The zero-order chi connectivity index (χ0) is 13.8. The minimum atomic E-state index is -0.325. The zero-order valence-electron chi connectivity index (χ0n) is 10.3. The second kappa shape index (κ2) is 6.59. The normalized spacial score (nSPS) is 12.4. The molecular formula is C14H13Br2FN2. The summed E-state index contributed by atoms with van der Waals surface area (Å²) in [6.07, 6.45) is 2.90. The zero-order valence-corrected chi connectivity index (χ0v) is 13.5. The molecule has 1 unspecified atom stereocenters. The second-order valence-electron chi connectivity index (χ2n) is 4.09. The molecule has 0 amide bonds. The fourth-order valence-electron chi connectivity index (χ4n) is 1.93. The molecule has 0 bridgehead atoms. The highest BCUT2D eigenvalue weighted by Gasteiger charge is 2.16. The Morgan fingerprint density at radius 2 is 2.05 bits per heavy atom. The summed E-state index contributed by atoms with van der Waals surface area (Å²) in [5.41, 5.74) is 1.86. The number of benzene rings is 1. The summed E-state index contributed by atoms with van der Waals surface area (Å²) >= 11 is 6.98. The first-order valence-corrected chi connectivity index (χ1v) is 7.49. The molecule has 1 heterocycles. The minimum absolute atomic E-state index is 0.0873. The van der Waals surface area contributed by atoms with E-state index >= 15 is 0 Å². The van der Waals surface area contributed by atoms with Gasteiger partial charge in [0.2, 0.25) is 0 Å². The summed E-state index contributed by atoms with van der Waals surface area (Å²) < 4.78 is 15.3. The maximum Gasteiger partial charge on any atom is 0.141 e. The van der Waals surface area contributed by atoms with Gasteiger partial charge in [0.1, 0.15) is 5.82 Å². The number of aromatic nitrogens is 1. The molecule has 100 valence electrons. The smallest absolute Gasteiger partial charge is 0.141 e. The summed E-state index contributed by atoms with van der Waals surface area (Å²) in [4.78, 5) is 3.92. The van der Waals surface area contributed by atoms with Crippen molar-refractivity contribution in [1.29, 1.82) is 0 Å². The van der Waals surface area contributed by atoms with Crippen LogP contribution in [-0.2, 0) is 0 Å². The molecule has 2 rings (SSSR count). The summed E-state index contributed by atoms with van der Waals surface area (Å²) in [6.45, 7) is 2.80. The van der Waals surface area contributed by atoms with Gasteiger partial charge in [-0.1, -0.05) is 44.8 Å². The van der Waals surface area contributed by atoms with Crippen molar-refractivity contribution in [2.45, 2.75) is 13.0 Å². The van der Waals surface area contributed by atoms with Crippen molar-refractivity contribution in [2.24, 2.45) is 0 Å². The lowest BCUT2D eigenvalue weighted by molar-refractivity contribution is 0.595. The van der Waals surface area contributed by atoms with Crippen LogP contribution in [0.25, 0.3) is 0 Å². The molecule has 19 heavy (non-hydrogen) atoms. The van der Waals surface area contributed by atoms with Crippen LogP contribution in [0, 0.1) is 5.82 Å². The largest absolute Gasteiger partial charge is 0.306 e. The molecule has 2 aromatic rings. The molecule has 0 spiro atoms. The molecule has 1 atom stereocenters. The Bertz CT molecular complexity index is 575. The van der Waals surface area contributed by atoms with Crippen LogP contribution in [0.3, 0.4) is 0 Å². The number of nitrogens with one attached hydrogen (secondary N) is 1. The van der Waals surface area contributed by atoms with Crippen LogP contribution in [0.5, 0.6) is 0 Å². The third-order valence-corrected chi connectivity index (χ3v) is 3.92. The monoisotopic (exact) mass is 386 g/mol. The first kappa shape index (κ1) is 14.6. The molecular weight excluding hydrogens is 375 g/mol. The highest BCUT2D eigenvalue weighted by Crippen LogP contribution is 2.30. The lowest BCUT2D eigenvalue weighted by Gasteiger charge is -2.20. The third-order valence-electron chi connectivity index (χ3n) is 2.74. The first-order valence-electron chi connectivity index (χ1n) is 5.90. The van der Waals surface area contributed by atoms with E-state index in [9.17, 15) is 4.39 Å². The Hall–Kier alpha value is -0.780. The first-order chi connectivity index (χ1) is 9.11. The van der Waals surface area contributed by atoms with Crippen molar-refractivity contribution < 1.29 is 4.39 Å². The van der Waals surface area contributed by atoms with Crippen LogP contribution in [-0.4, -0.2) is 11.5 Å². The average molecular weight is 388 g/mol. The number of hydrogen-bond donors (Lipinski definition) is 1. The molecule has 0 radical (unpaired) electrons. The van der Waals surface area contributed by atoms with Gasteiger partial charge in [-0.3, -0.25) is 4.98 Å². The number of rotatable bonds is 4. The molecule has 0 aliphatic rings. The Balaban J connectivity index is 2.45. The van der Waals surface area contributed by atoms with Gasteiger partial charge in [-0.05, 0) is 35.9 Å². The molecule has 0 aliphatic heterocycles. The molecule has 2 nitrogen and oxygen atoms in total. The lowest BCUT2D eigenvalue weighted by atomic mass is 10.00. The van der Waals surface area contributed by atoms with Crippen LogP contribution < -0.4 is 5.32 Å². The fourth-order valence-corrected chi connectivity index (χ4v) is 3.21. The van der Waals surface area contributed by atoms with E-state index in [1.165, 1.54) is 12.3 Å². The molecule has 0 saturated heterocycles. The number of hydrogen-bond acceptors (Lipinski definition) is 2. The lowest BCUT2D eigenvalue weighted by Crippen LogP contribution is -2.22. The van der Waals surface area contributed by atoms with Crippen molar-refractivity contribution in [3.05, 3.63) is 62.5 Å². The van der Waals surface area contributed by atoms with Gasteiger partial charge in [0.15, 0.2) is 0 Å². The highest BCUT2D eigenvalue weighted by atomic mass is 79.9. The van der Waals surface area contributed by atoms with Crippen molar-refractivity contribution in [2.75, 3.05) is 6.54 Å². The fraction of sp³-hybridized carbons (Fsp3) is 0.214. The molecule has 1 aromatic carbocycles. The van der Waals surface area contributed by atoms with Crippen LogP contribution in [0.4, 0.5) is 4.39 Å². The Kier molecular flexibility index (Phi) is 5.07. The number of pyridine rings is 1. The van der Waals surface area contributed by atoms with Crippen molar-refractivity contribution in [3.8, 4) is 0 Å². The summed E-state index contributed by atoms with van der Waals surface area (Å²) in [5.74, 6) is -0.325. The van der Waals surface area contributed by atoms with E-state index in [0.29, 0.717) is 0 Å². The molecule has 1 N–H and O–H groups in total. The molecule has 1 aromatic heterocycles. The van der Waals surface area contributed by atoms with E-state index < -0.39 is 0 Å². The van der Waals surface area contributed by atoms with Crippen molar-refractivity contribution in [1.82, 2.24) is 10.3 Å². The van der Waals surface area contributed by atoms with Gasteiger partial charge in [-0.25, -0.2) is 4.39 Å². The van der Waals surface area contributed by atoms with Crippen LogP contribution in [0.1, 0.15) is 24.1 Å². The summed E-state index contributed by atoms with van der Waals surface area (Å²) in [5, 5.41) is 3.35. The van der Waals surface area contributed by atoms with E-state index in [-0.39, 0.29) is 11.9 Å². The summed E-state index contributed by atoms with van der Waals surface area (Å²) in [7, 11) is 0. The Morgan fingerprint density at radius 1 is 1.26 bits per heavy atom. The predicted octanol–water partition coefficient (Wildman–Crippen LogP) is 4.44. The second-order valence-corrected chi connectivity index (χ2v) is 5.86. The Morgan fingerprint density at radius 3 is 2.68 bits per heavy atom. The van der Waals surface area contributed by atoms with Gasteiger partial charge in [0, 0.05) is 15.1 Å². The quantitative estimate of drug-likeness (QED) is 0.838. The van der Waals surface area contributed by atoms with E-state index in [2.05, 4.69) is 42.2 Å².